The first-order chi connectivity index (χ1) is 20.7. The molecule has 242 valence electrons. The van der Waals surface area contributed by atoms with Crippen LogP contribution in [-0.4, -0.2) is 108 Å². The summed E-state index contributed by atoms with van der Waals surface area (Å²) in [5, 5.41) is 0. The van der Waals surface area contributed by atoms with E-state index in [1.807, 2.05) is 0 Å². The van der Waals surface area contributed by atoms with Crippen LogP contribution < -0.4 is 11.2 Å². The van der Waals surface area contributed by atoms with E-state index < -0.39 is 109 Å². The Bertz CT molecular complexity index is 1390. The maximum atomic E-state index is 12.5. The second-order valence-corrected chi connectivity index (χ2v) is 10.1. The van der Waals surface area contributed by atoms with Gasteiger partial charge in [0.15, 0.2) is 24.5 Å². The third kappa shape index (κ3) is 7.50. The summed E-state index contributed by atoms with van der Waals surface area (Å²) in [6, 6.07) is 1.09. The molecule has 0 amide bonds. The largest absolute Gasteiger partial charge is 0.457 e. The first-order valence-electron chi connectivity index (χ1n) is 13.5. The fourth-order valence-corrected chi connectivity index (χ4v) is 5.24. The molecule has 3 fully saturated rings. The highest BCUT2D eigenvalue weighted by Gasteiger charge is 2.58. The lowest BCUT2D eigenvalue weighted by Crippen LogP contribution is -2.47. The lowest BCUT2D eigenvalue weighted by molar-refractivity contribution is -0.205. The SMILES string of the molecule is CC(=O)O[C@@H]1O[C@H]([C@@H](CO[C@@H]2CO[C@@H]3[C@@H](OC(C)=O)[C@H](n4ccc(=O)[nH]c4=O)O[C@@H]32)OC(C)=O)[C@@H](OC(C)=O)[C@H]1OC(C)=O. The Hall–Kier alpha value is -4.13. The summed E-state index contributed by atoms with van der Waals surface area (Å²) in [5.74, 6) is -3.82. The van der Waals surface area contributed by atoms with Crippen molar-refractivity contribution in [3.05, 3.63) is 33.1 Å². The van der Waals surface area contributed by atoms with Crippen LogP contribution in [-0.2, 0) is 66.6 Å². The van der Waals surface area contributed by atoms with Gasteiger partial charge in [-0.3, -0.25) is 38.3 Å². The summed E-state index contributed by atoms with van der Waals surface area (Å²) < 4.78 is 51.2. The number of fused-ring (bicyclic) bond motifs is 1. The average Bonchev–Trinajstić information content (AvgIpc) is 3.55. The fraction of sp³-hybridized carbons (Fsp3) is 0.654. The van der Waals surface area contributed by atoms with E-state index in [4.69, 9.17) is 42.6 Å². The van der Waals surface area contributed by atoms with Crippen molar-refractivity contribution >= 4 is 29.8 Å². The first kappa shape index (κ1) is 32.8. The number of hydrogen-bond donors (Lipinski definition) is 1. The molecule has 0 unspecified atom stereocenters. The van der Waals surface area contributed by atoms with Crippen LogP contribution in [0, 0.1) is 0 Å². The summed E-state index contributed by atoms with van der Waals surface area (Å²) >= 11 is 0. The van der Waals surface area contributed by atoms with E-state index in [1.165, 1.54) is 13.1 Å². The number of nitrogens with zero attached hydrogens (tertiary/aromatic N) is 1. The molecular formula is C26H32N2O16. The van der Waals surface area contributed by atoms with Crippen LogP contribution in [0.5, 0.6) is 0 Å². The number of hydrogen-bond acceptors (Lipinski definition) is 16. The Morgan fingerprint density at radius 3 is 2.05 bits per heavy atom. The van der Waals surface area contributed by atoms with E-state index in [9.17, 15) is 33.6 Å². The molecule has 44 heavy (non-hydrogen) atoms. The number of carbonyl (C=O) groups excluding carboxylic acids is 5. The molecule has 1 aromatic rings. The Morgan fingerprint density at radius 1 is 0.841 bits per heavy atom. The second kappa shape index (κ2) is 13.7. The van der Waals surface area contributed by atoms with Crippen LogP contribution in [0.25, 0.3) is 0 Å². The van der Waals surface area contributed by atoms with Gasteiger partial charge in [-0.1, -0.05) is 0 Å². The van der Waals surface area contributed by atoms with E-state index in [1.54, 1.807) is 0 Å². The van der Waals surface area contributed by atoms with E-state index >= 15 is 0 Å². The molecule has 0 saturated carbocycles. The number of aromatic amines is 1. The predicted molar refractivity (Wildman–Crippen MR) is 137 cm³/mol. The number of carbonyl (C=O) groups is 5. The van der Waals surface area contributed by atoms with Crippen molar-refractivity contribution < 1.29 is 66.6 Å². The minimum atomic E-state index is -1.51. The topological polar surface area (TPSA) is 223 Å². The van der Waals surface area contributed by atoms with Crippen LogP contribution in [0.1, 0.15) is 40.8 Å². The Morgan fingerprint density at radius 2 is 1.45 bits per heavy atom. The Kier molecular flexibility index (Phi) is 10.2. The summed E-state index contributed by atoms with van der Waals surface area (Å²) in [6.07, 6.45) is -10.7. The molecule has 18 heteroatoms. The van der Waals surface area contributed by atoms with Crippen molar-refractivity contribution in [3.8, 4) is 0 Å². The van der Waals surface area contributed by atoms with Crippen molar-refractivity contribution in [2.24, 2.45) is 0 Å². The third-order valence-corrected chi connectivity index (χ3v) is 6.72. The maximum Gasteiger partial charge on any atom is 0.330 e. The standard InChI is InChI=1S/C26H32N2O16/c1-10(29)38-16(19-21(39-11(2)30)23(41-13(4)32)25(44-19)42-14(5)33)9-36-15-8-37-20-18(15)43-24(22(20)40-12(3)31)28-7-6-17(34)27-26(28)35/h6-7,15-16,18-25H,8-9H2,1-5H3,(H,27,34,35)/t15-,16-,18-,19-,20+,21-,22-,23-,24-,25-/m1/s1. The molecule has 3 aliphatic heterocycles. The van der Waals surface area contributed by atoms with Gasteiger partial charge in [-0.05, 0) is 0 Å². The third-order valence-electron chi connectivity index (χ3n) is 6.72. The first-order valence-corrected chi connectivity index (χ1v) is 13.5. The van der Waals surface area contributed by atoms with E-state index in [2.05, 4.69) is 4.98 Å². The quantitative estimate of drug-likeness (QED) is 0.224. The predicted octanol–water partition coefficient (Wildman–Crippen LogP) is -1.77. The number of H-pyrrole nitrogens is 1. The van der Waals surface area contributed by atoms with Crippen LogP contribution in [0.2, 0.25) is 0 Å². The molecule has 10 atom stereocenters. The van der Waals surface area contributed by atoms with Gasteiger partial charge in [-0.2, -0.15) is 0 Å². The van der Waals surface area contributed by atoms with Crippen LogP contribution in [0.15, 0.2) is 21.9 Å². The number of nitrogens with one attached hydrogen (secondary N) is 1. The minimum absolute atomic E-state index is 0.0713. The van der Waals surface area contributed by atoms with Gasteiger partial charge < -0.3 is 42.6 Å². The van der Waals surface area contributed by atoms with Gasteiger partial charge in [0, 0.05) is 46.9 Å². The molecule has 0 bridgehead atoms. The maximum absolute atomic E-state index is 12.5. The molecule has 0 radical (unpaired) electrons. The van der Waals surface area contributed by atoms with E-state index in [0.717, 1.165) is 38.3 Å². The van der Waals surface area contributed by atoms with Gasteiger partial charge in [-0.15, -0.1) is 0 Å². The highest BCUT2D eigenvalue weighted by Crippen LogP contribution is 2.39. The molecule has 0 aromatic carbocycles. The number of aromatic nitrogens is 2. The zero-order valence-electron chi connectivity index (χ0n) is 24.3. The lowest BCUT2D eigenvalue weighted by Gasteiger charge is -2.29. The van der Waals surface area contributed by atoms with Gasteiger partial charge >= 0.3 is 35.5 Å². The van der Waals surface area contributed by atoms with Gasteiger partial charge in [0.1, 0.15) is 24.4 Å². The second-order valence-electron chi connectivity index (χ2n) is 10.1. The monoisotopic (exact) mass is 628 g/mol. The van der Waals surface area contributed by atoms with Crippen molar-refractivity contribution in [2.75, 3.05) is 13.2 Å². The molecule has 4 rings (SSSR count). The summed E-state index contributed by atoms with van der Waals surface area (Å²) in [5.41, 5.74) is -1.46. The fourth-order valence-electron chi connectivity index (χ4n) is 5.24. The zero-order valence-corrected chi connectivity index (χ0v) is 24.3. The van der Waals surface area contributed by atoms with Gasteiger partial charge in [0.05, 0.1) is 13.2 Å². The van der Waals surface area contributed by atoms with Gasteiger partial charge in [0.2, 0.25) is 12.4 Å². The molecule has 4 heterocycles. The van der Waals surface area contributed by atoms with Crippen LogP contribution in [0.4, 0.5) is 0 Å². The molecule has 0 spiro atoms. The molecule has 3 saturated heterocycles. The minimum Gasteiger partial charge on any atom is -0.457 e. The molecule has 18 nitrogen and oxygen atoms in total. The van der Waals surface area contributed by atoms with Crippen LogP contribution in [0.3, 0.4) is 0 Å². The van der Waals surface area contributed by atoms with Crippen molar-refractivity contribution in [1.82, 2.24) is 9.55 Å². The van der Waals surface area contributed by atoms with E-state index in [0.29, 0.717) is 0 Å². The summed E-state index contributed by atoms with van der Waals surface area (Å²) in [7, 11) is 0. The van der Waals surface area contributed by atoms with Crippen molar-refractivity contribution in [2.45, 2.75) is 96.0 Å². The molecule has 1 N–H and O–H groups in total. The summed E-state index contributed by atoms with van der Waals surface area (Å²) in [6.45, 7) is 5.06. The number of ether oxygens (including phenoxy) is 9. The normalized spacial score (nSPS) is 31.4. The van der Waals surface area contributed by atoms with E-state index in [-0.39, 0.29) is 6.61 Å². The number of esters is 5. The summed E-state index contributed by atoms with van der Waals surface area (Å²) in [4.78, 5) is 85.6. The van der Waals surface area contributed by atoms with Gasteiger partial charge in [-0.25, -0.2) is 4.79 Å². The average molecular weight is 629 g/mol. The zero-order chi connectivity index (χ0) is 32.3. The molecular weight excluding hydrogens is 596 g/mol. The lowest BCUT2D eigenvalue weighted by atomic mass is 10.0. The smallest absolute Gasteiger partial charge is 0.330 e. The highest BCUT2D eigenvalue weighted by atomic mass is 16.8. The van der Waals surface area contributed by atoms with Crippen LogP contribution >= 0.6 is 0 Å². The Labute approximate surface area is 248 Å². The molecule has 1 aromatic heterocycles. The van der Waals surface area contributed by atoms with Gasteiger partial charge in [0.25, 0.3) is 5.56 Å². The molecule has 0 aliphatic carbocycles. The number of rotatable bonds is 10. The van der Waals surface area contributed by atoms with Crippen molar-refractivity contribution in [1.29, 1.82) is 0 Å². The Balaban J connectivity index is 1.56. The highest BCUT2D eigenvalue weighted by molar-refractivity contribution is 5.69. The van der Waals surface area contributed by atoms with Crippen molar-refractivity contribution in [3.63, 3.8) is 0 Å². The molecule has 3 aliphatic rings.